The first-order valence-electron chi connectivity index (χ1n) is 7.06. The summed E-state index contributed by atoms with van der Waals surface area (Å²) in [6.45, 7) is 6.95. The molecule has 0 saturated heterocycles. The van der Waals surface area contributed by atoms with Gasteiger partial charge in [0.25, 0.3) is 0 Å². The lowest BCUT2D eigenvalue weighted by molar-refractivity contribution is 0.170. The fourth-order valence-corrected chi connectivity index (χ4v) is 2.48. The number of aryl methyl sites for hydroxylation is 3. The van der Waals surface area contributed by atoms with Crippen molar-refractivity contribution in [1.82, 2.24) is 24.5 Å². The van der Waals surface area contributed by atoms with Crippen molar-refractivity contribution in [2.45, 2.75) is 52.7 Å². The van der Waals surface area contributed by atoms with E-state index in [1.54, 1.807) is 6.33 Å². The van der Waals surface area contributed by atoms with Crippen molar-refractivity contribution in [3.8, 4) is 0 Å². The molecule has 1 atom stereocenters. The molecule has 1 unspecified atom stereocenters. The fourth-order valence-electron chi connectivity index (χ4n) is 2.48. The lowest BCUT2D eigenvalue weighted by Gasteiger charge is -2.11. The van der Waals surface area contributed by atoms with Gasteiger partial charge in [-0.2, -0.15) is 10.2 Å². The molecule has 6 heteroatoms. The van der Waals surface area contributed by atoms with Gasteiger partial charge in [-0.15, -0.1) is 0 Å². The fraction of sp³-hybridized carbons (Fsp3) is 0.643. The van der Waals surface area contributed by atoms with Crippen molar-refractivity contribution < 1.29 is 5.11 Å². The molecule has 2 heterocycles. The average molecular weight is 277 g/mol. The second kappa shape index (κ2) is 6.17. The standard InChI is InChI=1S/C14H23N5O/c1-5-6-19-14(15-9-16-19)8-12(20)7-13-10(2)17-18(4)11(13)3/h9,12,20H,5-8H2,1-4H3. The molecule has 2 aromatic heterocycles. The molecular formula is C14H23N5O. The lowest BCUT2D eigenvalue weighted by Crippen LogP contribution is -2.18. The quantitative estimate of drug-likeness (QED) is 0.861. The number of nitrogens with zero attached hydrogens (tertiary/aromatic N) is 5. The molecule has 110 valence electrons. The van der Waals surface area contributed by atoms with E-state index in [9.17, 15) is 5.11 Å². The van der Waals surface area contributed by atoms with Gasteiger partial charge >= 0.3 is 0 Å². The van der Waals surface area contributed by atoms with E-state index in [-0.39, 0.29) is 0 Å². The van der Waals surface area contributed by atoms with Crippen LogP contribution in [0.3, 0.4) is 0 Å². The Bertz CT molecular complexity index is 572. The molecule has 0 bridgehead atoms. The molecule has 2 aromatic rings. The molecular weight excluding hydrogens is 254 g/mol. The Balaban J connectivity index is 2.05. The molecule has 0 aliphatic carbocycles. The summed E-state index contributed by atoms with van der Waals surface area (Å²) in [4.78, 5) is 4.24. The van der Waals surface area contributed by atoms with E-state index in [2.05, 4.69) is 22.1 Å². The van der Waals surface area contributed by atoms with Crippen LogP contribution in [0.1, 0.15) is 36.1 Å². The summed E-state index contributed by atoms with van der Waals surface area (Å²) in [5.41, 5.74) is 3.22. The Hall–Kier alpha value is -1.69. The highest BCUT2D eigenvalue weighted by atomic mass is 16.3. The van der Waals surface area contributed by atoms with Crippen molar-refractivity contribution in [2.75, 3.05) is 0 Å². The number of aliphatic hydroxyl groups is 1. The zero-order valence-electron chi connectivity index (χ0n) is 12.7. The minimum atomic E-state index is -0.462. The molecule has 0 aromatic carbocycles. The van der Waals surface area contributed by atoms with E-state index in [1.165, 1.54) is 0 Å². The van der Waals surface area contributed by atoms with Crippen molar-refractivity contribution in [2.24, 2.45) is 7.05 Å². The second-order valence-electron chi connectivity index (χ2n) is 5.23. The van der Waals surface area contributed by atoms with Gasteiger partial charge in [0.2, 0.25) is 0 Å². The Morgan fingerprint density at radius 1 is 1.30 bits per heavy atom. The van der Waals surface area contributed by atoms with Gasteiger partial charge in [0.15, 0.2) is 0 Å². The van der Waals surface area contributed by atoms with Crippen LogP contribution in [-0.2, 0) is 26.4 Å². The minimum absolute atomic E-state index is 0.462. The summed E-state index contributed by atoms with van der Waals surface area (Å²) >= 11 is 0. The van der Waals surface area contributed by atoms with Crippen LogP contribution in [-0.4, -0.2) is 35.8 Å². The maximum absolute atomic E-state index is 10.3. The van der Waals surface area contributed by atoms with E-state index in [4.69, 9.17) is 0 Å². The van der Waals surface area contributed by atoms with Crippen molar-refractivity contribution in [3.05, 3.63) is 29.1 Å². The summed E-state index contributed by atoms with van der Waals surface area (Å²) < 4.78 is 3.73. The highest BCUT2D eigenvalue weighted by Gasteiger charge is 2.16. The van der Waals surface area contributed by atoms with Gasteiger partial charge in [-0.3, -0.25) is 9.36 Å². The predicted molar refractivity (Wildman–Crippen MR) is 76.4 cm³/mol. The largest absolute Gasteiger partial charge is 0.392 e. The molecule has 0 fully saturated rings. The van der Waals surface area contributed by atoms with Gasteiger partial charge in [-0.1, -0.05) is 6.92 Å². The van der Waals surface area contributed by atoms with E-state index in [0.717, 1.165) is 35.7 Å². The lowest BCUT2D eigenvalue weighted by atomic mass is 10.0. The Labute approximate surface area is 119 Å². The predicted octanol–water partition coefficient (Wildman–Crippen LogP) is 1.18. The van der Waals surface area contributed by atoms with Crippen LogP contribution in [0.5, 0.6) is 0 Å². The van der Waals surface area contributed by atoms with E-state index in [1.807, 2.05) is 30.3 Å². The third kappa shape index (κ3) is 3.07. The van der Waals surface area contributed by atoms with E-state index in [0.29, 0.717) is 12.8 Å². The number of hydrogen-bond donors (Lipinski definition) is 1. The smallest absolute Gasteiger partial charge is 0.138 e. The van der Waals surface area contributed by atoms with Gasteiger partial charge in [-0.25, -0.2) is 4.98 Å². The second-order valence-corrected chi connectivity index (χ2v) is 5.23. The summed E-state index contributed by atoms with van der Waals surface area (Å²) in [6, 6.07) is 0. The Kier molecular flexibility index (Phi) is 4.54. The van der Waals surface area contributed by atoms with Gasteiger partial charge in [0.1, 0.15) is 12.2 Å². The Morgan fingerprint density at radius 3 is 2.65 bits per heavy atom. The molecule has 0 saturated carbocycles. The average Bonchev–Trinajstić information content (AvgIpc) is 2.91. The first-order valence-corrected chi connectivity index (χ1v) is 7.06. The third-order valence-corrected chi connectivity index (χ3v) is 3.65. The molecule has 0 aliphatic rings. The molecule has 6 nitrogen and oxygen atoms in total. The van der Waals surface area contributed by atoms with Gasteiger partial charge in [0.05, 0.1) is 11.8 Å². The van der Waals surface area contributed by atoms with Crippen LogP contribution in [0, 0.1) is 13.8 Å². The van der Waals surface area contributed by atoms with Gasteiger partial charge in [-0.05, 0) is 25.8 Å². The van der Waals surface area contributed by atoms with Crippen LogP contribution in [0.4, 0.5) is 0 Å². The number of hydrogen-bond acceptors (Lipinski definition) is 4. The van der Waals surface area contributed by atoms with Crippen LogP contribution in [0.2, 0.25) is 0 Å². The van der Waals surface area contributed by atoms with Gasteiger partial charge in [0, 0.05) is 32.1 Å². The van der Waals surface area contributed by atoms with Crippen molar-refractivity contribution in [1.29, 1.82) is 0 Å². The highest BCUT2D eigenvalue weighted by molar-refractivity contribution is 5.25. The minimum Gasteiger partial charge on any atom is -0.392 e. The molecule has 0 amide bonds. The first-order chi connectivity index (χ1) is 9.52. The molecule has 0 spiro atoms. The maximum atomic E-state index is 10.3. The third-order valence-electron chi connectivity index (χ3n) is 3.65. The highest BCUT2D eigenvalue weighted by Crippen LogP contribution is 2.15. The molecule has 0 aliphatic heterocycles. The zero-order valence-corrected chi connectivity index (χ0v) is 12.7. The first kappa shape index (κ1) is 14.7. The summed E-state index contributed by atoms with van der Waals surface area (Å²) in [5.74, 6) is 0.846. The summed E-state index contributed by atoms with van der Waals surface area (Å²) in [6.07, 6.45) is 3.22. The topological polar surface area (TPSA) is 68.8 Å². The van der Waals surface area contributed by atoms with Crippen LogP contribution < -0.4 is 0 Å². The zero-order chi connectivity index (χ0) is 14.7. The van der Waals surface area contributed by atoms with Crippen molar-refractivity contribution in [3.63, 3.8) is 0 Å². The normalized spacial score (nSPS) is 12.8. The van der Waals surface area contributed by atoms with Crippen LogP contribution in [0.25, 0.3) is 0 Å². The SMILES string of the molecule is CCCn1ncnc1CC(O)Cc1c(C)nn(C)c1C. The van der Waals surface area contributed by atoms with Gasteiger partial charge < -0.3 is 5.11 Å². The molecule has 20 heavy (non-hydrogen) atoms. The molecule has 2 rings (SSSR count). The maximum Gasteiger partial charge on any atom is 0.138 e. The number of aromatic nitrogens is 5. The van der Waals surface area contributed by atoms with Crippen LogP contribution in [0.15, 0.2) is 6.33 Å². The number of rotatable bonds is 6. The van der Waals surface area contributed by atoms with E-state index >= 15 is 0 Å². The summed E-state index contributed by atoms with van der Waals surface area (Å²) in [7, 11) is 1.93. The summed E-state index contributed by atoms with van der Waals surface area (Å²) in [5, 5.41) is 18.9. The monoisotopic (exact) mass is 277 g/mol. The van der Waals surface area contributed by atoms with Crippen LogP contribution >= 0.6 is 0 Å². The molecule has 1 N–H and O–H groups in total. The van der Waals surface area contributed by atoms with Crippen molar-refractivity contribution >= 4 is 0 Å². The Morgan fingerprint density at radius 2 is 2.05 bits per heavy atom. The number of aliphatic hydroxyl groups excluding tert-OH is 1. The van der Waals surface area contributed by atoms with E-state index < -0.39 is 6.10 Å². The molecule has 0 radical (unpaired) electrons.